The summed E-state index contributed by atoms with van der Waals surface area (Å²) in [6.07, 6.45) is 6.29. The van der Waals surface area contributed by atoms with E-state index in [-0.39, 0.29) is 0 Å². The fourth-order valence-corrected chi connectivity index (χ4v) is 2.93. The van der Waals surface area contributed by atoms with E-state index in [0.717, 1.165) is 36.0 Å². The zero-order valence-corrected chi connectivity index (χ0v) is 16.8. The monoisotopic (exact) mass is 397 g/mol. The predicted octanol–water partition coefficient (Wildman–Crippen LogP) is 5.09. The molecule has 0 amide bonds. The summed E-state index contributed by atoms with van der Waals surface area (Å²) in [5, 5.41) is 3.32. The number of rotatable bonds is 8. The van der Waals surface area contributed by atoms with Crippen LogP contribution in [-0.2, 0) is 6.42 Å². The number of benzene rings is 2. The molecular formula is C24H23N5O. The molecule has 1 N–H and O–H groups in total. The van der Waals surface area contributed by atoms with Crippen molar-refractivity contribution in [3.05, 3.63) is 97.0 Å². The zero-order valence-electron chi connectivity index (χ0n) is 16.8. The van der Waals surface area contributed by atoms with Gasteiger partial charge >= 0.3 is 0 Å². The maximum Gasteiger partial charge on any atom is 0.227 e. The van der Waals surface area contributed by atoms with Crippen LogP contribution in [0.4, 0.5) is 17.5 Å². The SMILES string of the molecule is CN(CCc1ccncc1)c1nccc(Nc2ccc(Oc3ccccc3)cc2)n1. The molecule has 0 aliphatic carbocycles. The third kappa shape index (κ3) is 5.32. The summed E-state index contributed by atoms with van der Waals surface area (Å²) >= 11 is 0. The zero-order chi connectivity index (χ0) is 20.6. The average molecular weight is 397 g/mol. The van der Waals surface area contributed by atoms with Crippen LogP contribution in [0.25, 0.3) is 0 Å². The third-order valence-electron chi connectivity index (χ3n) is 4.58. The van der Waals surface area contributed by atoms with E-state index >= 15 is 0 Å². The highest BCUT2D eigenvalue weighted by atomic mass is 16.5. The van der Waals surface area contributed by atoms with Crippen LogP contribution in [0.15, 0.2) is 91.4 Å². The Morgan fingerprint density at radius 3 is 2.33 bits per heavy atom. The molecule has 6 nitrogen and oxygen atoms in total. The van der Waals surface area contributed by atoms with Crippen LogP contribution in [0, 0.1) is 0 Å². The molecule has 4 rings (SSSR count). The minimum absolute atomic E-state index is 0.679. The van der Waals surface area contributed by atoms with E-state index in [4.69, 9.17) is 4.74 Å². The minimum Gasteiger partial charge on any atom is -0.457 e. The van der Waals surface area contributed by atoms with Crippen molar-refractivity contribution in [1.29, 1.82) is 0 Å². The first-order valence-electron chi connectivity index (χ1n) is 9.79. The molecule has 0 aliphatic heterocycles. The first-order valence-corrected chi connectivity index (χ1v) is 9.79. The van der Waals surface area contributed by atoms with E-state index in [2.05, 4.69) is 20.3 Å². The molecule has 0 fully saturated rings. The van der Waals surface area contributed by atoms with Crippen molar-refractivity contribution in [3.8, 4) is 11.5 Å². The molecule has 0 bridgehead atoms. The maximum atomic E-state index is 5.83. The maximum absolute atomic E-state index is 5.83. The standard InChI is InChI=1S/C24H23N5O/c1-29(18-14-19-11-15-25-16-12-19)24-26-17-13-23(28-24)27-20-7-9-22(10-8-20)30-21-5-3-2-4-6-21/h2-13,15-17H,14,18H2,1H3,(H,26,27,28). The van der Waals surface area contributed by atoms with E-state index in [1.807, 2.05) is 97.1 Å². The molecule has 2 aromatic carbocycles. The fraction of sp³-hybridized carbons (Fsp3) is 0.125. The van der Waals surface area contributed by atoms with Gasteiger partial charge in [-0.25, -0.2) is 4.98 Å². The average Bonchev–Trinajstić information content (AvgIpc) is 2.80. The summed E-state index contributed by atoms with van der Waals surface area (Å²) in [7, 11) is 2.00. The summed E-state index contributed by atoms with van der Waals surface area (Å²) in [6, 6.07) is 23.4. The number of nitrogens with one attached hydrogen (secondary N) is 1. The summed E-state index contributed by atoms with van der Waals surface area (Å²) in [5.74, 6) is 3.02. The molecule has 0 atom stereocenters. The number of hydrogen-bond acceptors (Lipinski definition) is 6. The molecule has 2 aromatic heterocycles. The van der Waals surface area contributed by atoms with Gasteiger partial charge in [-0.05, 0) is 66.6 Å². The van der Waals surface area contributed by atoms with Gasteiger partial charge in [0.15, 0.2) is 0 Å². The van der Waals surface area contributed by atoms with Gasteiger partial charge in [0.05, 0.1) is 0 Å². The van der Waals surface area contributed by atoms with Crippen LogP contribution in [0.3, 0.4) is 0 Å². The van der Waals surface area contributed by atoms with E-state index < -0.39 is 0 Å². The number of pyridine rings is 1. The second kappa shape index (κ2) is 9.52. The third-order valence-corrected chi connectivity index (χ3v) is 4.58. The Morgan fingerprint density at radius 1 is 0.833 bits per heavy atom. The molecule has 0 saturated heterocycles. The fourth-order valence-electron chi connectivity index (χ4n) is 2.93. The minimum atomic E-state index is 0.679. The summed E-state index contributed by atoms with van der Waals surface area (Å²) < 4.78 is 5.83. The first-order chi connectivity index (χ1) is 14.8. The number of anilines is 3. The molecule has 2 heterocycles. The molecule has 6 heteroatoms. The van der Waals surface area contributed by atoms with Gasteiger partial charge in [0, 0.05) is 37.9 Å². The largest absolute Gasteiger partial charge is 0.457 e. The van der Waals surface area contributed by atoms with E-state index in [1.54, 1.807) is 6.20 Å². The second-order valence-corrected chi connectivity index (χ2v) is 6.83. The summed E-state index contributed by atoms with van der Waals surface area (Å²) in [4.78, 5) is 15.1. The number of aromatic nitrogens is 3. The lowest BCUT2D eigenvalue weighted by Crippen LogP contribution is -2.22. The Hall–Kier alpha value is -3.93. The number of nitrogens with zero attached hydrogens (tertiary/aromatic N) is 4. The van der Waals surface area contributed by atoms with Gasteiger partial charge in [0.1, 0.15) is 17.3 Å². The molecule has 30 heavy (non-hydrogen) atoms. The van der Waals surface area contributed by atoms with E-state index in [9.17, 15) is 0 Å². The first kappa shape index (κ1) is 19.4. The van der Waals surface area contributed by atoms with Crippen molar-refractivity contribution in [2.45, 2.75) is 6.42 Å². The van der Waals surface area contributed by atoms with Crippen LogP contribution in [0.2, 0.25) is 0 Å². The smallest absolute Gasteiger partial charge is 0.227 e. The van der Waals surface area contributed by atoms with Gasteiger partial charge in [0.2, 0.25) is 5.95 Å². The Kier molecular flexibility index (Phi) is 6.15. The Morgan fingerprint density at radius 2 is 1.57 bits per heavy atom. The quantitative estimate of drug-likeness (QED) is 0.447. The van der Waals surface area contributed by atoms with Gasteiger partial charge < -0.3 is 15.0 Å². The van der Waals surface area contributed by atoms with Crippen molar-refractivity contribution < 1.29 is 4.74 Å². The lowest BCUT2D eigenvalue weighted by atomic mass is 10.2. The van der Waals surface area contributed by atoms with Gasteiger partial charge in [-0.3, -0.25) is 4.98 Å². The van der Waals surface area contributed by atoms with Crippen LogP contribution in [-0.4, -0.2) is 28.5 Å². The summed E-state index contributed by atoms with van der Waals surface area (Å²) in [5.41, 5.74) is 2.17. The molecule has 150 valence electrons. The number of likely N-dealkylation sites (N-methyl/N-ethyl adjacent to an activating group) is 1. The number of hydrogen-bond donors (Lipinski definition) is 1. The van der Waals surface area contributed by atoms with Crippen molar-refractivity contribution in [3.63, 3.8) is 0 Å². The van der Waals surface area contributed by atoms with E-state index in [1.165, 1.54) is 5.56 Å². The second-order valence-electron chi connectivity index (χ2n) is 6.83. The molecule has 4 aromatic rings. The predicted molar refractivity (Wildman–Crippen MR) is 119 cm³/mol. The van der Waals surface area contributed by atoms with Crippen LogP contribution in [0.5, 0.6) is 11.5 Å². The van der Waals surface area contributed by atoms with Crippen LogP contribution >= 0.6 is 0 Å². The van der Waals surface area contributed by atoms with Gasteiger partial charge in [-0.1, -0.05) is 18.2 Å². The van der Waals surface area contributed by atoms with Crippen molar-refractivity contribution >= 4 is 17.5 Å². The lowest BCUT2D eigenvalue weighted by Gasteiger charge is -2.17. The topological polar surface area (TPSA) is 63.2 Å². The lowest BCUT2D eigenvalue weighted by molar-refractivity contribution is 0.483. The normalized spacial score (nSPS) is 10.4. The molecule has 0 aliphatic rings. The summed E-state index contributed by atoms with van der Waals surface area (Å²) in [6.45, 7) is 0.818. The Balaban J connectivity index is 1.36. The Labute approximate surface area is 176 Å². The molecule has 0 unspecified atom stereocenters. The molecule has 0 spiro atoms. The number of para-hydroxylation sites is 1. The van der Waals surface area contributed by atoms with Crippen LogP contribution in [0.1, 0.15) is 5.56 Å². The Bertz CT molecular complexity index is 1060. The van der Waals surface area contributed by atoms with Gasteiger partial charge in [-0.15, -0.1) is 0 Å². The number of ether oxygens (including phenoxy) is 1. The van der Waals surface area contributed by atoms with Crippen molar-refractivity contribution in [1.82, 2.24) is 15.0 Å². The van der Waals surface area contributed by atoms with E-state index in [0.29, 0.717) is 5.95 Å². The van der Waals surface area contributed by atoms with Crippen molar-refractivity contribution in [2.75, 3.05) is 23.8 Å². The highest BCUT2D eigenvalue weighted by Gasteiger charge is 2.06. The highest BCUT2D eigenvalue weighted by molar-refractivity contribution is 5.58. The molecular weight excluding hydrogens is 374 g/mol. The van der Waals surface area contributed by atoms with Gasteiger partial charge in [-0.2, -0.15) is 4.98 Å². The van der Waals surface area contributed by atoms with Crippen LogP contribution < -0.4 is 15.0 Å². The molecule has 0 saturated carbocycles. The van der Waals surface area contributed by atoms with Gasteiger partial charge in [0.25, 0.3) is 0 Å². The van der Waals surface area contributed by atoms with Crippen molar-refractivity contribution in [2.24, 2.45) is 0 Å². The molecule has 0 radical (unpaired) electrons. The highest BCUT2D eigenvalue weighted by Crippen LogP contribution is 2.24.